The summed E-state index contributed by atoms with van der Waals surface area (Å²) in [5.41, 5.74) is 5.53. The van der Waals surface area contributed by atoms with E-state index in [2.05, 4.69) is 10.6 Å². The lowest BCUT2D eigenvalue weighted by Crippen LogP contribution is -2.07. The predicted octanol–water partition coefficient (Wildman–Crippen LogP) is 6.25. The maximum Gasteiger partial charge on any atom is 0.221 e. The van der Waals surface area contributed by atoms with E-state index >= 15 is 0 Å². The number of nitrogens with one attached hydrogen (secondary N) is 2. The molecule has 4 aromatic rings. The topological polar surface area (TPSA) is 76.7 Å². The number of amides is 2. The van der Waals surface area contributed by atoms with Gasteiger partial charge in [-0.25, -0.2) is 0 Å². The van der Waals surface area contributed by atoms with Crippen LogP contribution in [0.3, 0.4) is 0 Å². The first kappa shape index (κ1) is 25.1. The van der Waals surface area contributed by atoms with Crippen LogP contribution in [-0.4, -0.2) is 26.5 Å². The Bertz CT molecular complexity index is 1260. The molecule has 0 aliphatic heterocycles. The SMILES string of the molecule is COc1ccc(NC(C)=O)c(-c2ccccc2)c1.COc1ccc(NC=O)c(-c2ccccc2)c1. The van der Waals surface area contributed by atoms with Crippen LogP contribution in [0.5, 0.6) is 11.5 Å². The quantitative estimate of drug-likeness (QED) is 0.314. The Labute approximate surface area is 205 Å². The van der Waals surface area contributed by atoms with Gasteiger partial charge in [0.1, 0.15) is 11.5 Å². The lowest BCUT2D eigenvalue weighted by atomic mass is 10.0. The smallest absolute Gasteiger partial charge is 0.221 e. The van der Waals surface area contributed by atoms with Gasteiger partial charge in [-0.3, -0.25) is 9.59 Å². The number of carbonyl (C=O) groups excluding carboxylic acids is 2. The number of carbonyl (C=O) groups is 2. The van der Waals surface area contributed by atoms with E-state index in [-0.39, 0.29) is 5.91 Å². The summed E-state index contributed by atoms with van der Waals surface area (Å²) in [4.78, 5) is 21.8. The minimum Gasteiger partial charge on any atom is -0.497 e. The van der Waals surface area contributed by atoms with Crippen LogP contribution in [0.2, 0.25) is 0 Å². The van der Waals surface area contributed by atoms with Crippen molar-refractivity contribution in [3.63, 3.8) is 0 Å². The summed E-state index contributed by atoms with van der Waals surface area (Å²) < 4.78 is 10.4. The standard InChI is InChI=1S/C15H15NO2.C14H13NO2/c1-11(17)16-15-9-8-13(18-2)10-14(15)12-6-4-3-5-7-12;1-17-12-7-8-14(15-10-16)13(9-12)11-5-3-2-4-6-11/h3-10H,1-2H3,(H,16,17);2-10H,1H3,(H,15,16). The third kappa shape index (κ3) is 6.95. The number of methoxy groups -OCH3 is 2. The molecule has 0 aliphatic rings. The molecule has 4 aromatic carbocycles. The van der Waals surface area contributed by atoms with Gasteiger partial charge in [-0.2, -0.15) is 0 Å². The molecular weight excluding hydrogens is 440 g/mol. The first-order valence-electron chi connectivity index (χ1n) is 11.0. The maximum absolute atomic E-state index is 11.2. The molecule has 0 aliphatic carbocycles. The lowest BCUT2D eigenvalue weighted by Gasteiger charge is -2.12. The van der Waals surface area contributed by atoms with Gasteiger partial charge in [0.05, 0.1) is 14.2 Å². The van der Waals surface area contributed by atoms with Crippen LogP contribution < -0.4 is 20.1 Å². The highest BCUT2D eigenvalue weighted by molar-refractivity contribution is 5.94. The number of benzene rings is 4. The van der Waals surface area contributed by atoms with Gasteiger partial charge in [0.2, 0.25) is 12.3 Å². The summed E-state index contributed by atoms with van der Waals surface area (Å²) in [5, 5.41) is 5.52. The van der Waals surface area contributed by atoms with E-state index in [4.69, 9.17) is 9.47 Å². The highest BCUT2D eigenvalue weighted by Gasteiger charge is 2.08. The van der Waals surface area contributed by atoms with Crippen LogP contribution in [-0.2, 0) is 9.59 Å². The Morgan fingerprint density at radius 3 is 1.57 bits per heavy atom. The zero-order valence-corrected chi connectivity index (χ0v) is 19.9. The molecular formula is C29H28N2O4. The molecule has 6 nitrogen and oxygen atoms in total. The average molecular weight is 469 g/mol. The zero-order chi connectivity index (χ0) is 25.0. The largest absolute Gasteiger partial charge is 0.497 e. The van der Waals surface area contributed by atoms with Crippen molar-refractivity contribution in [3.8, 4) is 33.8 Å². The van der Waals surface area contributed by atoms with Crippen molar-refractivity contribution in [2.45, 2.75) is 6.92 Å². The van der Waals surface area contributed by atoms with Gasteiger partial charge in [-0.15, -0.1) is 0 Å². The van der Waals surface area contributed by atoms with Crippen LogP contribution in [0.15, 0.2) is 97.1 Å². The molecule has 35 heavy (non-hydrogen) atoms. The van der Waals surface area contributed by atoms with E-state index in [1.54, 1.807) is 14.2 Å². The molecule has 178 valence electrons. The van der Waals surface area contributed by atoms with Crippen molar-refractivity contribution in [1.29, 1.82) is 0 Å². The molecule has 0 spiro atoms. The summed E-state index contributed by atoms with van der Waals surface area (Å²) in [7, 11) is 3.25. The summed E-state index contributed by atoms with van der Waals surface area (Å²) >= 11 is 0. The van der Waals surface area contributed by atoms with E-state index in [0.717, 1.165) is 45.1 Å². The number of hydrogen-bond acceptors (Lipinski definition) is 4. The zero-order valence-electron chi connectivity index (χ0n) is 19.9. The summed E-state index contributed by atoms with van der Waals surface area (Å²) in [6.07, 6.45) is 0.675. The molecule has 0 unspecified atom stereocenters. The number of hydrogen-bond donors (Lipinski definition) is 2. The summed E-state index contributed by atoms with van der Waals surface area (Å²) in [6.45, 7) is 1.50. The van der Waals surface area contributed by atoms with E-state index in [1.165, 1.54) is 6.92 Å². The second-order valence-electron chi connectivity index (χ2n) is 7.50. The molecule has 6 heteroatoms. The van der Waals surface area contributed by atoms with E-state index < -0.39 is 0 Å². The highest BCUT2D eigenvalue weighted by atomic mass is 16.5. The summed E-state index contributed by atoms with van der Waals surface area (Å²) in [5.74, 6) is 1.45. The molecule has 0 fully saturated rings. The van der Waals surface area contributed by atoms with Crippen molar-refractivity contribution in [2.24, 2.45) is 0 Å². The van der Waals surface area contributed by atoms with Gasteiger partial charge in [0.15, 0.2) is 0 Å². The average Bonchev–Trinajstić information content (AvgIpc) is 2.90. The Morgan fingerprint density at radius 2 is 1.14 bits per heavy atom. The second-order valence-corrected chi connectivity index (χ2v) is 7.50. The van der Waals surface area contributed by atoms with E-state index in [0.29, 0.717) is 6.41 Å². The first-order chi connectivity index (χ1) is 17.0. The molecule has 0 aromatic heterocycles. The Hall–Kier alpha value is -4.58. The highest BCUT2D eigenvalue weighted by Crippen LogP contribution is 2.32. The minimum absolute atomic E-state index is 0.0858. The molecule has 0 atom stereocenters. The van der Waals surface area contributed by atoms with Crippen LogP contribution >= 0.6 is 0 Å². The summed E-state index contributed by atoms with van der Waals surface area (Å²) in [6, 6.07) is 30.9. The second kappa shape index (κ2) is 12.6. The predicted molar refractivity (Wildman–Crippen MR) is 141 cm³/mol. The number of anilines is 2. The van der Waals surface area contributed by atoms with Crippen molar-refractivity contribution < 1.29 is 19.1 Å². The van der Waals surface area contributed by atoms with Gasteiger partial charge >= 0.3 is 0 Å². The Kier molecular flexibility index (Phi) is 9.02. The third-order valence-electron chi connectivity index (χ3n) is 5.15. The van der Waals surface area contributed by atoms with E-state index in [1.807, 2.05) is 97.1 Å². The molecule has 4 rings (SSSR count). The fraction of sp³-hybridized carbons (Fsp3) is 0.103. The van der Waals surface area contributed by atoms with Crippen LogP contribution in [0, 0.1) is 0 Å². The normalized spacial score (nSPS) is 9.80. The van der Waals surface area contributed by atoms with Gasteiger partial charge in [0, 0.05) is 29.4 Å². The van der Waals surface area contributed by atoms with Gasteiger partial charge in [-0.05, 0) is 47.5 Å². The number of rotatable bonds is 7. The number of ether oxygens (including phenoxy) is 2. The van der Waals surface area contributed by atoms with Crippen molar-refractivity contribution in [1.82, 2.24) is 0 Å². The molecule has 0 radical (unpaired) electrons. The minimum atomic E-state index is -0.0858. The van der Waals surface area contributed by atoms with Gasteiger partial charge < -0.3 is 20.1 Å². The molecule has 2 N–H and O–H groups in total. The lowest BCUT2D eigenvalue weighted by molar-refractivity contribution is -0.114. The Morgan fingerprint density at radius 1 is 0.686 bits per heavy atom. The van der Waals surface area contributed by atoms with Crippen LogP contribution in [0.1, 0.15) is 6.92 Å². The maximum atomic E-state index is 11.2. The van der Waals surface area contributed by atoms with Crippen molar-refractivity contribution in [2.75, 3.05) is 24.9 Å². The third-order valence-corrected chi connectivity index (χ3v) is 5.15. The monoisotopic (exact) mass is 468 g/mol. The van der Waals surface area contributed by atoms with Crippen molar-refractivity contribution >= 4 is 23.7 Å². The molecule has 2 amide bonds. The van der Waals surface area contributed by atoms with Crippen LogP contribution in [0.4, 0.5) is 11.4 Å². The molecule has 0 saturated carbocycles. The Balaban J connectivity index is 0.000000196. The van der Waals surface area contributed by atoms with Crippen molar-refractivity contribution in [3.05, 3.63) is 97.1 Å². The molecule has 0 saturated heterocycles. The fourth-order valence-electron chi connectivity index (χ4n) is 3.50. The van der Waals surface area contributed by atoms with Gasteiger partial charge in [-0.1, -0.05) is 60.7 Å². The van der Waals surface area contributed by atoms with Crippen LogP contribution in [0.25, 0.3) is 22.3 Å². The first-order valence-corrected chi connectivity index (χ1v) is 11.0. The fourth-order valence-corrected chi connectivity index (χ4v) is 3.50. The molecule has 0 bridgehead atoms. The van der Waals surface area contributed by atoms with E-state index in [9.17, 15) is 9.59 Å². The molecule has 0 heterocycles. The van der Waals surface area contributed by atoms with Gasteiger partial charge in [0.25, 0.3) is 0 Å².